The highest BCUT2D eigenvalue weighted by atomic mass is 19.1. The first-order valence-corrected chi connectivity index (χ1v) is 9.69. The third kappa shape index (κ3) is 3.04. The van der Waals surface area contributed by atoms with Gasteiger partial charge < -0.3 is 19.1 Å². The van der Waals surface area contributed by atoms with Gasteiger partial charge in [-0.1, -0.05) is 12.1 Å². The minimum absolute atomic E-state index is 0.178. The normalized spacial score (nSPS) is 29.1. The zero-order valence-electron chi connectivity index (χ0n) is 15.4. The van der Waals surface area contributed by atoms with E-state index in [-0.39, 0.29) is 12.6 Å². The number of hydrogen-bond donors (Lipinski definition) is 0. The van der Waals surface area contributed by atoms with E-state index in [2.05, 4.69) is 11.9 Å². The Morgan fingerprint density at radius 2 is 1.89 bits per heavy atom. The largest absolute Gasteiger partial charge is 0.493 e. The minimum Gasteiger partial charge on any atom is -0.493 e. The molecule has 2 fully saturated rings. The molecule has 4 nitrogen and oxygen atoms in total. The van der Waals surface area contributed by atoms with Crippen molar-refractivity contribution in [3.8, 4) is 17.2 Å². The molecule has 3 heterocycles. The molecule has 4 atom stereocenters. The summed E-state index contributed by atoms with van der Waals surface area (Å²) in [6.07, 6.45) is 3.54. The van der Waals surface area contributed by atoms with E-state index in [0.717, 1.165) is 23.7 Å². The van der Waals surface area contributed by atoms with Gasteiger partial charge in [0.2, 0.25) is 6.79 Å². The molecule has 2 aromatic carbocycles. The fraction of sp³-hybridized carbons (Fsp3) is 0.455. The molecule has 2 bridgehead atoms. The van der Waals surface area contributed by atoms with Gasteiger partial charge in [-0.3, -0.25) is 0 Å². The molecule has 5 rings (SSSR count). The van der Waals surface area contributed by atoms with Gasteiger partial charge in [-0.05, 0) is 62.1 Å². The van der Waals surface area contributed by atoms with Gasteiger partial charge >= 0.3 is 0 Å². The van der Waals surface area contributed by atoms with Crippen LogP contribution in [0.15, 0.2) is 42.5 Å². The van der Waals surface area contributed by atoms with Crippen LogP contribution < -0.4 is 14.2 Å². The molecular formula is C22H24FNO3. The molecule has 0 spiro atoms. The van der Waals surface area contributed by atoms with Crippen LogP contribution in [-0.2, 0) is 0 Å². The van der Waals surface area contributed by atoms with E-state index >= 15 is 0 Å². The molecule has 1 unspecified atom stereocenters. The van der Waals surface area contributed by atoms with Crippen molar-refractivity contribution in [2.45, 2.75) is 37.3 Å². The lowest BCUT2D eigenvalue weighted by atomic mass is 9.76. The third-order valence-electron chi connectivity index (χ3n) is 6.52. The highest BCUT2D eigenvalue weighted by Crippen LogP contribution is 2.46. The van der Waals surface area contributed by atoms with E-state index in [9.17, 15) is 4.39 Å². The minimum atomic E-state index is -0.178. The molecule has 0 amide bonds. The van der Waals surface area contributed by atoms with Crippen LogP contribution in [0.25, 0.3) is 0 Å². The van der Waals surface area contributed by atoms with Crippen LogP contribution in [0.2, 0.25) is 0 Å². The van der Waals surface area contributed by atoms with Crippen LogP contribution >= 0.6 is 0 Å². The van der Waals surface area contributed by atoms with Gasteiger partial charge in [-0.2, -0.15) is 0 Å². The number of rotatable bonds is 4. The second-order valence-electron chi connectivity index (χ2n) is 7.85. The number of ether oxygens (including phenoxy) is 3. The molecule has 0 aliphatic carbocycles. The fourth-order valence-electron chi connectivity index (χ4n) is 5.06. The van der Waals surface area contributed by atoms with Crippen molar-refractivity contribution in [2.24, 2.45) is 5.92 Å². The second kappa shape index (κ2) is 6.71. The summed E-state index contributed by atoms with van der Waals surface area (Å²) in [5, 5.41) is 0. The number of fused-ring (bicyclic) bond motifs is 3. The Morgan fingerprint density at radius 3 is 2.74 bits per heavy atom. The summed E-state index contributed by atoms with van der Waals surface area (Å²) < 4.78 is 30.4. The highest BCUT2D eigenvalue weighted by Gasteiger charge is 2.46. The van der Waals surface area contributed by atoms with Gasteiger partial charge in [0, 0.05) is 24.1 Å². The van der Waals surface area contributed by atoms with Gasteiger partial charge in [0.05, 0.1) is 6.61 Å². The van der Waals surface area contributed by atoms with E-state index in [0.29, 0.717) is 30.5 Å². The van der Waals surface area contributed by atoms with Gasteiger partial charge in [-0.25, -0.2) is 4.39 Å². The Hall–Kier alpha value is -2.27. The van der Waals surface area contributed by atoms with Crippen LogP contribution in [0.4, 0.5) is 4.39 Å². The SMILES string of the molecule is CN1C2CC[C@@H]1C[C@H](c1ccc(F)cc1)[C@H]2COc1ccc2c(c1)OCO2. The summed E-state index contributed by atoms with van der Waals surface area (Å²) in [4.78, 5) is 2.52. The van der Waals surface area contributed by atoms with E-state index in [1.807, 2.05) is 30.3 Å². The zero-order chi connectivity index (χ0) is 18.4. The summed E-state index contributed by atoms with van der Waals surface area (Å²) in [5.74, 6) is 2.91. The van der Waals surface area contributed by atoms with E-state index in [1.165, 1.54) is 18.4 Å². The van der Waals surface area contributed by atoms with E-state index in [1.54, 1.807) is 12.1 Å². The molecule has 2 aromatic rings. The molecule has 5 heteroatoms. The summed E-state index contributed by atoms with van der Waals surface area (Å²) in [6, 6.07) is 13.9. The lowest BCUT2D eigenvalue weighted by molar-refractivity contribution is 0.0665. The first kappa shape index (κ1) is 16.9. The predicted octanol–water partition coefficient (Wildman–Crippen LogP) is 4.20. The number of benzene rings is 2. The van der Waals surface area contributed by atoms with Gasteiger partial charge in [0.25, 0.3) is 0 Å². The molecule has 3 aliphatic heterocycles. The molecule has 142 valence electrons. The Balaban J connectivity index is 1.37. The maximum atomic E-state index is 13.4. The number of halogens is 1. The van der Waals surface area contributed by atoms with Gasteiger partial charge in [0.1, 0.15) is 11.6 Å². The first-order valence-electron chi connectivity index (χ1n) is 9.69. The molecule has 27 heavy (non-hydrogen) atoms. The number of hydrogen-bond acceptors (Lipinski definition) is 4. The number of piperidine rings is 1. The maximum Gasteiger partial charge on any atom is 0.231 e. The Morgan fingerprint density at radius 1 is 1.07 bits per heavy atom. The van der Waals surface area contributed by atoms with Crippen molar-refractivity contribution in [1.29, 1.82) is 0 Å². The third-order valence-corrected chi connectivity index (χ3v) is 6.52. The molecular weight excluding hydrogens is 345 g/mol. The van der Waals surface area contributed by atoms with Crippen LogP contribution in [0.5, 0.6) is 17.2 Å². The quantitative estimate of drug-likeness (QED) is 0.808. The standard InChI is InChI=1S/C22H24FNO3/c1-24-16-6-8-20(24)19(18(10-16)14-2-4-15(23)5-3-14)12-25-17-7-9-21-22(11-17)27-13-26-21/h2-5,7,9,11,16,18-20H,6,8,10,12-13H2,1H3/t16-,18-,19-,20?/m1/s1. The average molecular weight is 369 g/mol. The van der Waals surface area contributed by atoms with Crippen LogP contribution in [0.3, 0.4) is 0 Å². The zero-order valence-corrected chi connectivity index (χ0v) is 15.4. The van der Waals surface area contributed by atoms with E-state index in [4.69, 9.17) is 14.2 Å². The lowest BCUT2D eigenvalue weighted by Crippen LogP contribution is -2.47. The Bertz CT molecular complexity index is 825. The lowest BCUT2D eigenvalue weighted by Gasteiger charge is -2.43. The molecule has 0 aromatic heterocycles. The number of nitrogens with zero attached hydrogens (tertiary/aromatic N) is 1. The average Bonchev–Trinajstić information content (AvgIpc) is 3.23. The highest BCUT2D eigenvalue weighted by molar-refractivity contribution is 5.46. The maximum absolute atomic E-state index is 13.4. The Labute approximate surface area is 158 Å². The summed E-state index contributed by atoms with van der Waals surface area (Å²) in [7, 11) is 2.23. The van der Waals surface area contributed by atoms with Crippen LogP contribution in [0.1, 0.15) is 30.7 Å². The smallest absolute Gasteiger partial charge is 0.231 e. The second-order valence-corrected chi connectivity index (χ2v) is 7.85. The molecule has 0 N–H and O–H groups in total. The van der Waals surface area contributed by atoms with Crippen molar-refractivity contribution >= 4 is 0 Å². The summed E-state index contributed by atoms with van der Waals surface area (Å²) in [5.41, 5.74) is 1.22. The Kier molecular flexibility index (Phi) is 4.20. The predicted molar refractivity (Wildman–Crippen MR) is 99.9 cm³/mol. The molecule has 3 aliphatic rings. The first-order chi connectivity index (χ1) is 13.2. The van der Waals surface area contributed by atoms with Crippen molar-refractivity contribution in [1.82, 2.24) is 4.90 Å². The summed E-state index contributed by atoms with van der Waals surface area (Å²) in [6.45, 7) is 0.908. The fourth-order valence-corrected chi connectivity index (χ4v) is 5.06. The van der Waals surface area contributed by atoms with E-state index < -0.39 is 0 Å². The van der Waals surface area contributed by atoms with Crippen molar-refractivity contribution in [2.75, 3.05) is 20.4 Å². The monoisotopic (exact) mass is 369 g/mol. The molecule has 0 saturated carbocycles. The molecule has 0 radical (unpaired) electrons. The summed E-state index contributed by atoms with van der Waals surface area (Å²) >= 11 is 0. The topological polar surface area (TPSA) is 30.9 Å². The van der Waals surface area contributed by atoms with Crippen molar-refractivity contribution in [3.05, 3.63) is 53.8 Å². The van der Waals surface area contributed by atoms with Crippen LogP contribution in [0, 0.1) is 11.7 Å². The molecule has 2 saturated heterocycles. The van der Waals surface area contributed by atoms with Gasteiger partial charge in [-0.15, -0.1) is 0 Å². The van der Waals surface area contributed by atoms with Crippen molar-refractivity contribution < 1.29 is 18.6 Å². The van der Waals surface area contributed by atoms with Crippen LogP contribution in [-0.4, -0.2) is 37.4 Å². The van der Waals surface area contributed by atoms with Gasteiger partial charge in [0.15, 0.2) is 11.5 Å². The van der Waals surface area contributed by atoms with Crippen molar-refractivity contribution in [3.63, 3.8) is 0 Å².